The van der Waals surface area contributed by atoms with Crippen molar-refractivity contribution in [1.82, 2.24) is 9.80 Å². The zero-order chi connectivity index (χ0) is 21.8. The average Bonchev–Trinajstić information content (AvgIpc) is 2.75. The maximum atomic E-state index is 15.1. The van der Waals surface area contributed by atoms with Crippen molar-refractivity contribution in [1.29, 1.82) is 0 Å². The molecule has 0 aliphatic carbocycles. The van der Waals surface area contributed by atoms with E-state index >= 15 is 4.39 Å². The second-order valence-corrected chi connectivity index (χ2v) is 7.65. The molecule has 0 saturated carbocycles. The molecule has 7 heteroatoms. The molecule has 1 heterocycles. The van der Waals surface area contributed by atoms with E-state index in [1.54, 1.807) is 50.6 Å². The number of alkyl halides is 1. The predicted molar refractivity (Wildman–Crippen MR) is 111 cm³/mol. The van der Waals surface area contributed by atoms with E-state index in [1.807, 2.05) is 26.0 Å². The lowest BCUT2D eigenvalue weighted by Crippen LogP contribution is -2.64. The summed E-state index contributed by atoms with van der Waals surface area (Å²) in [5.41, 5.74) is 1.53. The zero-order valence-electron chi connectivity index (χ0n) is 17.7. The van der Waals surface area contributed by atoms with E-state index in [0.717, 1.165) is 16.0 Å². The number of piperazine rings is 1. The fraction of sp³-hybridized carbons (Fsp3) is 0.391. The number of methoxy groups -OCH3 is 2. The van der Waals surface area contributed by atoms with E-state index < -0.39 is 18.2 Å². The second kappa shape index (κ2) is 9.15. The Morgan fingerprint density at radius 2 is 1.23 bits per heavy atom. The summed E-state index contributed by atoms with van der Waals surface area (Å²) < 4.78 is 25.4. The second-order valence-electron chi connectivity index (χ2n) is 7.65. The summed E-state index contributed by atoms with van der Waals surface area (Å²) >= 11 is 0. The van der Waals surface area contributed by atoms with Gasteiger partial charge in [0.25, 0.3) is 12.2 Å². The molecule has 3 rings (SSSR count). The van der Waals surface area contributed by atoms with Gasteiger partial charge in [-0.3, -0.25) is 14.5 Å². The van der Waals surface area contributed by atoms with Gasteiger partial charge in [-0.2, -0.15) is 0 Å². The molecule has 0 bridgehead atoms. The smallest absolute Gasteiger partial charge is 0.279 e. The van der Waals surface area contributed by atoms with Crippen LogP contribution >= 0.6 is 0 Å². The van der Waals surface area contributed by atoms with Crippen LogP contribution in [0.4, 0.5) is 4.39 Å². The number of nitrogens with zero attached hydrogens (tertiary/aromatic N) is 2. The van der Waals surface area contributed by atoms with Crippen LogP contribution in [0.2, 0.25) is 0 Å². The molecule has 6 nitrogen and oxygen atoms in total. The first-order valence-corrected chi connectivity index (χ1v) is 9.86. The van der Waals surface area contributed by atoms with Crippen molar-refractivity contribution in [3.63, 3.8) is 0 Å². The van der Waals surface area contributed by atoms with E-state index in [1.165, 1.54) is 4.90 Å². The quantitative estimate of drug-likeness (QED) is 0.652. The molecule has 30 heavy (non-hydrogen) atoms. The topological polar surface area (TPSA) is 59.1 Å². The number of halogens is 1. The first kappa shape index (κ1) is 21.6. The van der Waals surface area contributed by atoms with Crippen LogP contribution in [-0.4, -0.2) is 48.2 Å². The fourth-order valence-electron chi connectivity index (χ4n) is 3.66. The molecular weight excluding hydrogens is 387 g/mol. The SMILES string of the molecule is COc1ccc(CN2C(=O)[C@H](C(C)C)N(Cc3ccc(OC)cc3)C(=O)[C@H]2F)cc1. The Hall–Kier alpha value is -3.09. The van der Waals surface area contributed by atoms with Crippen LogP contribution < -0.4 is 9.47 Å². The lowest BCUT2D eigenvalue weighted by Gasteiger charge is -2.43. The number of benzene rings is 2. The number of amides is 2. The number of rotatable bonds is 7. The third-order valence-corrected chi connectivity index (χ3v) is 5.29. The lowest BCUT2D eigenvalue weighted by molar-refractivity contribution is -0.173. The summed E-state index contributed by atoms with van der Waals surface area (Å²) in [7, 11) is 3.13. The predicted octanol–water partition coefficient (Wildman–Crippen LogP) is 3.40. The number of hydrogen-bond acceptors (Lipinski definition) is 4. The molecule has 160 valence electrons. The van der Waals surface area contributed by atoms with Crippen LogP contribution in [0.3, 0.4) is 0 Å². The largest absolute Gasteiger partial charge is 0.497 e. The molecule has 0 N–H and O–H groups in total. The Morgan fingerprint density at radius 3 is 1.63 bits per heavy atom. The van der Waals surface area contributed by atoms with Gasteiger partial charge in [0.15, 0.2) is 0 Å². The molecule has 2 aromatic carbocycles. The van der Waals surface area contributed by atoms with Crippen molar-refractivity contribution >= 4 is 11.8 Å². The van der Waals surface area contributed by atoms with Crippen LogP contribution in [0.25, 0.3) is 0 Å². The summed E-state index contributed by atoms with van der Waals surface area (Å²) in [5.74, 6) is 0.112. The maximum absolute atomic E-state index is 15.1. The maximum Gasteiger partial charge on any atom is 0.279 e. The Labute approximate surface area is 176 Å². The summed E-state index contributed by atoms with van der Waals surface area (Å²) in [6.45, 7) is 3.91. The molecule has 1 fully saturated rings. The monoisotopic (exact) mass is 414 g/mol. The molecule has 1 aliphatic rings. The van der Waals surface area contributed by atoms with Crippen LogP contribution in [0.1, 0.15) is 25.0 Å². The van der Waals surface area contributed by atoms with Crippen molar-refractivity contribution in [3.05, 3.63) is 59.7 Å². The average molecular weight is 414 g/mol. The minimum atomic E-state index is -2.02. The van der Waals surface area contributed by atoms with Gasteiger partial charge < -0.3 is 14.4 Å². The van der Waals surface area contributed by atoms with Crippen LogP contribution in [0.5, 0.6) is 11.5 Å². The van der Waals surface area contributed by atoms with Gasteiger partial charge in [-0.15, -0.1) is 0 Å². The zero-order valence-corrected chi connectivity index (χ0v) is 17.7. The van der Waals surface area contributed by atoms with Gasteiger partial charge in [-0.1, -0.05) is 38.1 Å². The molecule has 0 radical (unpaired) electrons. The molecule has 0 unspecified atom stereocenters. The standard InChI is InChI=1S/C23H27FN2O4/c1-15(2)20-22(27)26(14-17-7-11-19(30-4)12-8-17)21(24)23(28)25(20)13-16-5-9-18(29-3)10-6-16/h5-12,15,20-21H,13-14H2,1-4H3/t20-,21-/m0/s1. The van der Waals surface area contributed by atoms with Gasteiger partial charge in [0.1, 0.15) is 17.5 Å². The Bertz CT molecular complexity index is 883. The van der Waals surface area contributed by atoms with E-state index in [0.29, 0.717) is 11.5 Å². The number of hydrogen-bond donors (Lipinski definition) is 0. The van der Waals surface area contributed by atoms with Gasteiger partial charge >= 0.3 is 0 Å². The highest BCUT2D eigenvalue weighted by molar-refractivity contribution is 5.96. The minimum Gasteiger partial charge on any atom is -0.497 e. The molecular formula is C23H27FN2O4. The summed E-state index contributed by atoms with van der Waals surface area (Å²) in [4.78, 5) is 28.5. The first-order valence-electron chi connectivity index (χ1n) is 9.86. The lowest BCUT2D eigenvalue weighted by atomic mass is 9.96. The van der Waals surface area contributed by atoms with E-state index in [2.05, 4.69) is 0 Å². The van der Waals surface area contributed by atoms with Crippen LogP contribution in [0.15, 0.2) is 48.5 Å². The van der Waals surface area contributed by atoms with Gasteiger partial charge in [0, 0.05) is 13.1 Å². The highest BCUT2D eigenvalue weighted by Crippen LogP contribution is 2.28. The molecule has 0 aromatic heterocycles. The van der Waals surface area contributed by atoms with E-state index in [-0.39, 0.29) is 24.9 Å². The number of carbonyl (C=O) groups excluding carboxylic acids is 2. The summed E-state index contributed by atoms with van der Waals surface area (Å²) in [6.07, 6.45) is -2.02. The Balaban J connectivity index is 1.83. The van der Waals surface area contributed by atoms with Crippen molar-refractivity contribution < 1.29 is 23.5 Å². The third-order valence-electron chi connectivity index (χ3n) is 5.29. The Morgan fingerprint density at radius 1 is 0.800 bits per heavy atom. The third kappa shape index (κ3) is 4.40. The van der Waals surface area contributed by atoms with Gasteiger partial charge in [0.05, 0.1) is 14.2 Å². The van der Waals surface area contributed by atoms with Gasteiger partial charge in [-0.05, 0) is 41.3 Å². The number of ether oxygens (including phenoxy) is 2. The summed E-state index contributed by atoms with van der Waals surface area (Å²) in [5, 5.41) is 0. The van der Waals surface area contributed by atoms with E-state index in [4.69, 9.17) is 9.47 Å². The Kier molecular flexibility index (Phi) is 6.59. The highest BCUT2D eigenvalue weighted by Gasteiger charge is 2.47. The van der Waals surface area contributed by atoms with Crippen LogP contribution in [0, 0.1) is 5.92 Å². The molecule has 0 spiro atoms. The van der Waals surface area contributed by atoms with Gasteiger partial charge in [-0.25, -0.2) is 4.39 Å². The van der Waals surface area contributed by atoms with Crippen molar-refractivity contribution in [2.75, 3.05) is 14.2 Å². The number of carbonyl (C=O) groups is 2. The highest BCUT2D eigenvalue weighted by atomic mass is 19.1. The van der Waals surface area contributed by atoms with Crippen molar-refractivity contribution in [3.8, 4) is 11.5 Å². The molecule has 1 aliphatic heterocycles. The minimum absolute atomic E-state index is 0.0231. The first-order chi connectivity index (χ1) is 14.3. The fourth-order valence-corrected chi connectivity index (χ4v) is 3.66. The molecule has 2 amide bonds. The van der Waals surface area contributed by atoms with Crippen molar-refractivity contribution in [2.45, 2.75) is 39.3 Å². The van der Waals surface area contributed by atoms with E-state index in [9.17, 15) is 9.59 Å². The van der Waals surface area contributed by atoms with Gasteiger partial charge in [0.2, 0.25) is 5.91 Å². The molecule has 2 aromatic rings. The molecule has 1 saturated heterocycles. The molecule has 2 atom stereocenters. The van der Waals surface area contributed by atoms with Crippen molar-refractivity contribution in [2.24, 2.45) is 5.92 Å². The summed E-state index contributed by atoms with van der Waals surface area (Å²) in [6, 6.07) is 13.5. The normalized spacial score (nSPS) is 19.4. The van der Waals surface area contributed by atoms with Crippen LogP contribution in [-0.2, 0) is 22.7 Å².